The maximum Gasteiger partial charge on any atom is 0.226 e. The molecule has 2 heterocycles. The minimum atomic E-state index is 0.717. The molecule has 166 valence electrons. The molecule has 0 N–H and O–H groups in total. The van der Waals surface area contributed by atoms with Crippen LogP contribution in [0.15, 0.2) is 34.9 Å². The van der Waals surface area contributed by atoms with Crippen molar-refractivity contribution in [3.8, 4) is 17.2 Å². The van der Waals surface area contributed by atoms with Gasteiger partial charge in [-0.2, -0.15) is 0 Å². The fourth-order valence-corrected chi connectivity index (χ4v) is 7.33. The molecule has 1 aromatic carbocycles. The molecule has 1 saturated heterocycles. The Labute approximate surface area is 186 Å². The van der Waals surface area contributed by atoms with E-state index in [9.17, 15) is 0 Å². The number of hydrogen-bond acceptors (Lipinski definition) is 4. The number of oxazole rings is 1. The van der Waals surface area contributed by atoms with Crippen LogP contribution in [0, 0.1) is 29.1 Å². The minimum absolute atomic E-state index is 0.717. The minimum Gasteiger partial charge on any atom is -0.494 e. The van der Waals surface area contributed by atoms with Crippen molar-refractivity contribution < 1.29 is 9.15 Å². The molecule has 4 heteroatoms. The van der Waals surface area contributed by atoms with Gasteiger partial charge in [0.05, 0.1) is 12.3 Å². The van der Waals surface area contributed by atoms with Crippen molar-refractivity contribution in [2.24, 2.45) is 29.1 Å². The Bertz CT molecular complexity index is 900. The van der Waals surface area contributed by atoms with Crippen molar-refractivity contribution in [1.82, 2.24) is 9.88 Å². The normalized spacial score (nSPS) is 34.1. The summed E-state index contributed by atoms with van der Waals surface area (Å²) >= 11 is 0. The highest BCUT2D eigenvalue weighted by Gasteiger charge is 2.86. The lowest BCUT2D eigenvalue weighted by atomic mass is 9.76. The Hall–Kier alpha value is -1.81. The maximum absolute atomic E-state index is 6.08. The van der Waals surface area contributed by atoms with Crippen LogP contribution < -0.4 is 4.74 Å². The molecule has 6 rings (SSSR count). The highest BCUT2D eigenvalue weighted by atomic mass is 16.5. The zero-order valence-corrected chi connectivity index (χ0v) is 18.9. The molecule has 1 spiro atoms. The number of benzene rings is 1. The van der Waals surface area contributed by atoms with Gasteiger partial charge in [-0.1, -0.05) is 26.2 Å². The fourth-order valence-electron chi connectivity index (χ4n) is 7.33. The molecule has 1 aliphatic heterocycles. The summed E-state index contributed by atoms with van der Waals surface area (Å²) in [5, 5.41) is 0. The van der Waals surface area contributed by atoms with E-state index in [1.165, 1.54) is 58.0 Å². The Balaban J connectivity index is 0.972. The molecular formula is C27H36N2O2. The molecule has 1 aromatic heterocycles. The van der Waals surface area contributed by atoms with Crippen LogP contribution in [-0.2, 0) is 6.42 Å². The predicted octanol–water partition coefficient (Wildman–Crippen LogP) is 5.82. The van der Waals surface area contributed by atoms with Crippen LogP contribution in [0.1, 0.15) is 57.6 Å². The summed E-state index contributed by atoms with van der Waals surface area (Å²) in [6, 6.07) is 8.26. The van der Waals surface area contributed by atoms with Crippen molar-refractivity contribution in [2.45, 2.75) is 58.3 Å². The first-order valence-electron chi connectivity index (χ1n) is 12.7. The maximum atomic E-state index is 6.08. The van der Waals surface area contributed by atoms with E-state index < -0.39 is 0 Å². The van der Waals surface area contributed by atoms with E-state index in [2.05, 4.69) is 36.1 Å². The third-order valence-corrected chi connectivity index (χ3v) is 9.00. The van der Waals surface area contributed by atoms with Gasteiger partial charge in [0.2, 0.25) is 5.89 Å². The molecule has 5 unspecified atom stereocenters. The summed E-state index contributed by atoms with van der Waals surface area (Å²) in [6.07, 6.45) is 12.5. The lowest BCUT2D eigenvalue weighted by molar-refractivity contribution is 0.184. The van der Waals surface area contributed by atoms with Gasteiger partial charge in [0.25, 0.3) is 0 Å². The molecule has 3 saturated carbocycles. The largest absolute Gasteiger partial charge is 0.494 e. The zero-order chi connectivity index (χ0) is 20.8. The average Bonchev–Trinajstić information content (AvgIpc) is 3.60. The van der Waals surface area contributed by atoms with E-state index >= 15 is 0 Å². The summed E-state index contributed by atoms with van der Waals surface area (Å²) in [7, 11) is 0. The van der Waals surface area contributed by atoms with Crippen LogP contribution in [-0.4, -0.2) is 36.1 Å². The second-order valence-electron chi connectivity index (χ2n) is 10.5. The van der Waals surface area contributed by atoms with Gasteiger partial charge in [-0.25, -0.2) is 4.98 Å². The first kappa shape index (κ1) is 19.8. The third kappa shape index (κ3) is 3.51. The van der Waals surface area contributed by atoms with Gasteiger partial charge in [-0.3, -0.25) is 0 Å². The van der Waals surface area contributed by atoms with Crippen molar-refractivity contribution in [2.75, 3.05) is 26.2 Å². The number of aromatic nitrogens is 1. The molecule has 0 radical (unpaired) electrons. The molecule has 4 nitrogen and oxygen atoms in total. The van der Waals surface area contributed by atoms with Gasteiger partial charge >= 0.3 is 0 Å². The number of ether oxygens (including phenoxy) is 1. The monoisotopic (exact) mass is 420 g/mol. The molecule has 0 bridgehead atoms. The van der Waals surface area contributed by atoms with Crippen LogP contribution in [0.5, 0.6) is 5.75 Å². The number of likely N-dealkylation sites (tertiary alicyclic amines) is 1. The van der Waals surface area contributed by atoms with Crippen LogP contribution in [0.2, 0.25) is 0 Å². The molecule has 2 aromatic rings. The number of piperidine rings is 1. The lowest BCUT2D eigenvalue weighted by Gasteiger charge is -2.29. The molecular weight excluding hydrogens is 384 g/mol. The van der Waals surface area contributed by atoms with E-state index in [0.29, 0.717) is 0 Å². The topological polar surface area (TPSA) is 38.5 Å². The molecule has 4 aliphatic rings. The highest BCUT2D eigenvalue weighted by molar-refractivity contribution is 5.54. The second kappa shape index (κ2) is 7.95. The first-order chi connectivity index (χ1) is 15.3. The van der Waals surface area contributed by atoms with Gasteiger partial charge < -0.3 is 14.1 Å². The van der Waals surface area contributed by atoms with Crippen LogP contribution in [0.25, 0.3) is 11.5 Å². The van der Waals surface area contributed by atoms with E-state index in [-0.39, 0.29) is 0 Å². The first-order valence-corrected chi connectivity index (χ1v) is 12.7. The van der Waals surface area contributed by atoms with Gasteiger partial charge in [-0.15, -0.1) is 0 Å². The van der Waals surface area contributed by atoms with Crippen molar-refractivity contribution in [3.63, 3.8) is 0 Å². The molecule has 4 fully saturated rings. The van der Waals surface area contributed by atoms with Crippen molar-refractivity contribution in [1.29, 1.82) is 0 Å². The van der Waals surface area contributed by atoms with Gasteiger partial charge in [0.15, 0.2) is 0 Å². The number of rotatable bonds is 8. The fraction of sp³-hybridized carbons (Fsp3) is 0.667. The van der Waals surface area contributed by atoms with Crippen LogP contribution in [0.4, 0.5) is 0 Å². The van der Waals surface area contributed by atoms with Crippen molar-refractivity contribution in [3.05, 3.63) is 36.2 Å². The summed E-state index contributed by atoms with van der Waals surface area (Å²) in [5.41, 5.74) is 2.83. The number of nitrogens with zero attached hydrogens (tertiary/aromatic N) is 2. The third-order valence-electron chi connectivity index (χ3n) is 9.00. The summed E-state index contributed by atoms with van der Waals surface area (Å²) < 4.78 is 11.8. The standard InChI is InChI=1S/C27H36N2O2/c1-19-6-5-7-23-25-24(27(19,23)25)13-17-30-22-10-8-20(9-11-22)26-28-21(18-31-26)12-16-29-14-3-2-4-15-29/h8-11,18-19,23-25H,2-7,12-17H2,1H3. The molecule has 31 heavy (non-hydrogen) atoms. The second-order valence-corrected chi connectivity index (χ2v) is 10.5. The van der Waals surface area contributed by atoms with Gasteiger partial charge in [-0.05, 0) is 92.1 Å². The van der Waals surface area contributed by atoms with E-state index in [1.54, 1.807) is 0 Å². The SMILES string of the molecule is CC1CCCC2C3C(CCOc4ccc(-c5nc(CCN6CCCCC6)co5)cc4)C123. The predicted molar refractivity (Wildman–Crippen MR) is 122 cm³/mol. The van der Waals surface area contributed by atoms with E-state index in [1.807, 2.05) is 6.26 Å². The number of fused-ring (bicyclic) bond motifs is 1. The Kier molecular flexibility index (Phi) is 5.09. The molecule has 5 atom stereocenters. The Morgan fingerprint density at radius 3 is 2.74 bits per heavy atom. The quantitative estimate of drug-likeness (QED) is 0.539. The van der Waals surface area contributed by atoms with Crippen molar-refractivity contribution >= 4 is 0 Å². The average molecular weight is 421 g/mol. The summed E-state index contributed by atoms with van der Waals surface area (Å²) in [6.45, 7) is 6.89. The Morgan fingerprint density at radius 2 is 1.94 bits per heavy atom. The zero-order valence-electron chi connectivity index (χ0n) is 18.9. The molecule has 0 amide bonds. The summed E-state index contributed by atoms with van der Waals surface area (Å²) in [4.78, 5) is 7.26. The number of hydrogen-bond donors (Lipinski definition) is 0. The summed E-state index contributed by atoms with van der Waals surface area (Å²) in [5.74, 6) is 5.69. The molecule has 3 aliphatic carbocycles. The van der Waals surface area contributed by atoms with E-state index in [0.717, 1.165) is 71.6 Å². The van der Waals surface area contributed by atoms with Gasteiger partial charge in [0.1, 0.15) is 12.0 Å². The van der Waals surface area contributed by atoms with Crippen LogP contribution in [0.3, 0.4) is 0 Å². The lowest BCUT2D eigenvalue weighted by Crippen LogP contribution is -2.31. The van der Waals surface area contributed by atoms with Crippen LogP contribution >= 0.6 is 0 Å². The van der Waals surface area contributed by atoms with E-state index in [4.69, 9.17) is 14.1 Å². The highest BCUT2D eigenvalue weighted by Crippen LogP contribution is 2.90. The Morgan fingerprint density at radius 1 is 1.10 bits per heavy atom. The van der Waals surface area contributed by atoms with Gasteiger partial charge in [0, 0.05) is 18.5 Å². The smallest absolute Gasteiger partial charge is 0.226 e.